The number of rotatable bonds is 6. The molecule has 1 unspecified atom stereocenters. The zero-order valence-electron chi connectivity index (χ0n) is 12.8. The third-order valence-electron chi connectivity index (χ3n) is 3.48. The molecule has 1 N–H and O–H groups in total. The van der Waals surface area contributed by atoms with Crippen molar-refractivity contribution in [2.24, 2.45) is 0 Å². The second-order valence-corrected chi connectivity index (χ2v) is 6.88. The maximum atomic E-state index is 12.2. The van der Waals surface area contributed by atoms with Crippen LogP contribution in [0.25, 0.3) is 0 Å². The number of amides is 1. The van der Waals surface area contributed by atoms with Crippen molar-refractivity contribution in [3.8, 4) is 0 Å². The van der Waals surface area contributed by atoms with Crippen LogP contribution >= 0.6 is 31.9 Å². The van der Waals surface area contributed by atoms with Gasteiger partial charge in [-0.2, -0.15) is 10.2 Å². The van der Waals surface area contributed by atoms with Gasteiger partial charge in [0.05, 0.1) is 26.5 Å². The van der Waals surface area contributed by atoms with Gasteiger partial charge >= 0.3 is 0 Å². The van der Waals surface area contributed by atoms with E-state index in [0.717, 1.165) is 33.3 Å². The van der Waals surface area contributed by atoms with E-state index in [2.05, 4.69) is 47.4 Å². The van der Waals surface area contributed by atoms with Crippen LogP contribution in [0.3, 0.4) is 0 Å². The number of aromatic nitrogens is 4. The number of nitrogens with zero attached hydrogens (tertiary/aromatic N) is 4. The lowest BCUT2D eigenvalue weighted by Crippen LogP contribution is -2.33. The van der Waals surface area contributed by atoms with E-state index in [4.69, 9.17) is 0 Å². The van der Waals surface area contributed by atoms with Crippen LogP contribution in [0.2, 0.25) is 0 Å². The fourth-order valence-electron chi connectivity index (χ4n) is 2.11. The molecule has 0 saturated carbocycles. The molecule has 0 aliphatic heterocycles. The Morgan fingerprint density at radius 1 is 1.36 bits per heavy atom. The summed E-state index contributed by atoms with van der Waals surface area (Å²) in [6.07, 6.45) is 4.48. The molecule has 0 bridgehead atoms. The van der Waals surface area contributed by atoms with E-state index < -0.39 is 0 Å². The molecular weight excluding hydrogens is 414 g/mol. The smallest absolute Gasteiger partial charge is 0.244 e. The van der Waals surface area contributed by atoms with Crippen molar-refractivity contribution in [3.63, 3.8) is 0 Å². The minimum Gasteiger partial charge on any atom is -0.354 e. The van der Waals surface area contributed by atoms with E-state index in [0.29, 0.717) is 6.54 Å². The Balaban J connectivity index is 1.79. The lowest BCUT2D eigenvalue weighted by molar-refractivity contribution is -0.124. The minimum atomic E-state index is -0.326. The third kappa shape index (κ3) is 3.98. The van der Waals surface area contributed by atoms with Crippen molar-refractivity contribution in [1.29, 1.82) is 0 Å². The van der Waals surface area contributed by atoms with Gasteiger partial charge < -0.3 is 5.32 Å². The average Bonchev–Trinajstić information content (AvgIpc) is 2.98. The Labute approximate surface area is 146 Å². The number of aryl methyl sites for hydroxylation is 2. The summed E-state index contributed by atoms with van der Waals surface area (Å²) >= 11 is 6.84. The number of halogens is 2. The van der Waals surface area contributed by atoms with Crippen LogP contribution in [0.1, 0.15) is 30.8 Å². The van der Waals surface area contributed by atoms with Crippen LogP contribution in [0.15, 0.2) is 21.3 Å². The van der Waals surface area contributed by atoms with Crippen LogP contribution in [-0.4, -0.2) is 32.0 Å². The van der Waals surface area contributed by atoms with Gasteiger partial charge in [-0.3, -0.25) is 14.2 Å². The summed E-state index contributed by atoms with van der Waals surface area (Å²) in [5, 5.41) is 11.5. The predicted molar refractivity (Wildman–Crippen MR) is 91.7 cm³/mol. The standard InChI is InChI=1S/C14H19Br2N5O/c1-9-13(16)8-20(19-9)6-4-5-17-14(22)11(3)21-10(2)12(15)7-18-21/h7-8,11H,4-6H2,1-3H3,(H,17,22). The first-order valence-electron chi connectivity index (χ1n) is 7.07. The first kappa shape index (κ1) is 17.2. The Bertz CT molecular complexity index is 645. The lowest BCUT2D eigenvalue weighted by atomic mass is 10.3. The summed E-state index contributed by atoms with van der Waals surface area (Å²) in [4.78, 5) is 12.2. The zero-order chi connectivity index (χ0) is 16.3. The van der Waals surface area contributed by atoms with E-state index in [1.165, 1.54) is 0 Å². The molecule has 0 radical (unpaired) electrons. The first-order valence-corrected chi connectivity index (χ1v) is 8.65. The molecule has 0 saturated heterocycles. The molecule has 2 heterocycles. The summed E-state index contributed by atoms with van der Waals surface area (Å²) in [5.74, 6) is -0.0310. The van der Waals surface area contributed by atoms with Crippen molar-refractivity contribution in [1.82, 2.24) is 24.9 Å². The number of hydrogen-bond acceptors (Lipinski definition) is 3. The maximum Gasteiger partial charge on any atom is 0.244 e. The van der Waals surface area contributed by atoms with Gasteiger partial charge in [-0.15, -0.1) is 0 Å². The molecule has 120 valence electrons. The Morgan fingerprint density at radius 3 is 2.64 bits per heavy atom. The molecule has 2 aromatic heterocycles. The monoisotopic (exact) mass is 431 g/mol. The van der Waals surface area contributed by atoms with Gasteiger partial charge in [0.15, 0.2) is 0 Å². The van der Waals surface area contributed by atoms with E-state index in [1.807, 2.05) is 31.6 Å². The van der Waals surface area contributed by atoms with Gasteiger partial charge in [-0.25, -0.2) is 0 Å². The number of carbonyl (C=O) groups is 1. The van der Waals surface area contributed by atoms with Gasteiger partial charge in [0.25, 0.3) is 0 Å². The highest BCUT2D eigenvalue weighted by atomic mass is 79.9. The summed E-state index contributed by atoms with van der Waals surface area (Å²) in [5.41, 5.74) is 1.91. The van der Waals surface area contributed by atoms with Crippen LogP contribution in [-0.2, 0) is 11.3 Å². The van der Waals surface area contributed by atoms with E-state index in [9.17, 15) is 4.79 Å². The van der Waals surface area contributed by atoms with Crippen LogP contribution in [0.4, 0.5) is 0 Å². The molecule has 2 rings (SSSR count). The summed E-state index contributed by atoms with van der Waals surface area (Å²) < 4.78 is 5.51. The number of hydrogen-bond donors (Lipinski definition) is 1. The van der Waals surface area contributed by atoms with E-state index >= 15 is 0 Å². The van der Waals surface area contributed by atoms with Crippen LogP contribution < -0.4 is 5.32 Å². The molecule has 0 spiro atoms. The number of nitrogens with one attached hydrogen (secondary N) is 1. The fourth-order valence-corrected chi connectivity index (χ4v) is 2.70. The van der Waals surface area contributed by atoms with E-state index in [-0.39, 0.29) is 11.9 Å². The Kier molecular flexibility index (Phi) is 5.80. The molecule has 1 atom stereocenters. The zero-order valence-corrected chi connectivity index (χ0v) is 16.0. The first-order chi connectivity index (χ1) is 10.4. The molecular formula is C14H19Br2N5O. The topological polar surface area (TPSA) is 64.7 Å². The summed E-state index contributed by atoms with van der Waals surface area (Å²) in [7, 11) is 0. The molecule has 6 nitrogen and oxygen atoms in total. The van der Waals surface area contributed by atoms with Crippen molar-refractivity contribution in [2.45, 2.75) is 39.8 Å². The van der Waals surface area contributed by atoms with Gasteiger partial charge in [0.2, 0.25) is 5.91 Å². The highest BCUT2D eigenvalue weighted by molar-refractivity contribution is 9.10. The van der Waals surface area contributed by atoms with Crippen molar-refractivity contribution >= 4 is 37.8 Å². The normalized spacial score (nSPS) is 12.4. The number of carbonyl (C=O) groups excluding carboxylic acids is 1. The molecule has 0 aliphatic carbocycles. The second kappa shape index (κ2) is 7.41. The van der Waals surface area contributed by atoms with Gasteiger partial charge in [0.1, 0.15) is 6.04 Å². The van der Waals surface area contributed by atoms with Crippen molar-refractivity contribution < 1.29 is 4.79 Å². The highest BCUT2D eigenvalue weighted by Crippen LogP contribution is 2.18. The van der Waals surface area contributed by atoms with Gasteiger partial charge in [-0.1, -0.05) is 0 Å². The molecule has 22 heavy (non-hydrogen) atoms. The van der Waals surface area contributed by atoms with E-state index in [1.54, 1.807) is 10.9 Å². The summed E-state index contributed by atoms with van der Waals surface area (Å²) in [6.45, 7) is 7.11. The predicted octanol–water partition coefficient (Wildman–Crippen LogP) is 2.99. The Hall–Kier alpha value is -1.15. The molecule has 1 amide bonds. The Morgan fingerprint density at radius 2 is 2.09 bits per heavy atom. The molecule has 0 aliphatic rings. The SMILES string of the molecule is Cc1nn(CCCNC(=O)C(C)n2ncc(Br)c2C)cc1Br. The van der Waals surface area contributed by atoms with Crippen molar-refractivity contribution in [2.75, 3.05) is 6.54 Å². The molecule has 8 heteroatoms. The largest absolute Gasteiger partial charge is 0.354 e. The molecule has 0 fully saturated rings. The van der Waals surface area contributed by atoms with Crippen LogP contribution in [0.5, 0.6) is 0 Å². The third-order valence-corrected chi connectivity index (χ3v) is 5.04. The molecule has 0 aromatic carbocycles. The molecule has 2 aromatic rings. The van der Waals surface area contributed by atoms with Gasteiger partial charge in [0, 0.05) is 19.3 Å². The van der Waals surface area contributed by atoms with Crippen molar-refractivity contribution in [3.05, 3.63) is 32.7 Å². The maximum absolute atomic E-state index is 12.2. The van der Waals surface area contributed by atoms with Crippen LogP contribution in [0, 0.1) is 13.8 Å². The second-order valence-electron chi connectivity index (χ2n) is 5.17. The minimum absolute atomic E-state index is 0.0310. The fraction of sp³-hybridized carbons (Fsp3) is 0.500. The van der Waals surface area contributed by atoms with Gasteiger partial charge in [-0.05, 0) is 59.1 Å². The lowest BCUT2D eigenvalue weighted by Gasteiger charge is -2.14. The quantitative estimate of drug-likeness (QED) is 0.713. The summed E-state index contributed by atoms with van der Waals surface area (Å²) in [6, 6.07) is -0.326. The average molecular weight is 433 g/mol. The highest BCUT2D eigenvalue weighted by Gasteiger charge is 2.17.